The molecule has 2 atom stereocenters. The van der Waals surface area contributed by atoms with Gasteiger partial charge in [0.15, 0.2) is 0 Å². The van der Waals surface area contributed by atoms with Crippen molar-refractivity contribution >= 4 is 11.8 Å². The number of carbonyl (C=O) groups is 2. The van der Waals surface area contributed by atoms with Crippen LogP contribution in [0.25, 0.3) is 0 Å². The van der Waals surface area contributed by atoms with Crippen LogP contribution in [0.15, 0.2) is 42.6 Å². The van der Waals surface area contributed by atoms with Gasteiger partial charge in [-0.1, -0.05) is 12.1 Å². The third-order valence-electron chi connectivity index (χ3n) is 5.88. The Balaban J connectivity index is 1.32. The molecule has 2 fully saturated rings. The van der Waals surface area contributed by atoms with E-state index in [0.717, 1.165) is 11.3 Å². The fourth-order valence-electron chi connectivity index (χ4n) is 3.90. The largest absolute Gasteiger partial charge is 0.338 e. The first-order valence-corrected chi connectivity index (χ1v) is 10.1. The molecular formula is C22H27N5O2. The highest BCUT2D eigenvalue weighted by atomic mass is 16.2. The number of hydrogen-bond donors (Lipinski definition) is 2. The van der Waals surface area contributed by atoms with Crippen molar-refractivity contribution in [3.63, 3.8) is 0 Å². The molecular weight excluding hydrogens is 366 g/mol. The Morgan fingerprint density at radius 2 is 1.72 bits per heavy atom. The summed E-state index contributed by atoms with van der Waals surface area (Å²) in [5.41, 5.74) is 10.2. The lowest BCUT2D eigenvalue weighted by Crippen LogP contribution is -2.54. The van der Waals surface area contributed by atoms with Gasteiger partial charge in [0.2, 0.25) is 5.91 Å². The fourth-order valence-corrected chi connectivity index (χ4v) is 3.90. The average Bonchev–Trinajstić information content (AvgIpc) is 3.26. The summed E-state index contributed by atoms with van der Waals surface area (Å²) in [6.45, 7) is 6.29. The van der Waals surface area contributed by atoms with E-state index in [9.17, 15) is 9.59 Å². The lowest BCUT2D eigenvalue weighted by Gasteiger charge is -2.36. The first-order valence-electron chi connectivity index (χ1n) is 10.1. The van der Waals surface area contributed by atoms with Gasteiger partial charge in [-0.05, 0) is 55.7 Å². The Morgan fingerprint density at radius 3 is 2.41 bits per heavy atom. The van der Waals surface area contributed by atoms with E-state index in [4.69, 9.17) is 0 Å². The van der Waals surface area contributed by atoms with E-state index in [-0.39, 0.29) is 23.9 Å². The molecule has 2 aromatic rings. The predicted octanol–water partition coefficient (Wildman–Crippen LogP) is 1.59. The van der Waals surface area contributed by atoms with Crippen LogP contribution in [0.1, 0.15) is 39.6 Å². The maximum atomic E-state index is 12.9. The molecule has 3 heterocycles. The zero-order valence-electron chi connectivity index (χ0n) is 16.9. The highest BCUT2D eigenvalue weighted by Crippen LogP contribution is 2.22. The van der Waals surface area contributed by atoms with Crippen LogP contribution < -0.4 is 10.9 Å². The third-order valence-corrected chi connectivity index (χ3v) is 5.88. The summed E-state index contributed by atoms with van der Waals surface area (Å²) in [4.78, 5) is 33.7. The molecule has 0 saturated carbocycles. The van der Waals surface area contributed by atoms with E-state index >= 15 is 0 Å². The summed E-state index contributed by atoms with van der Waals surface area (Å²) < 4.78 is 0. The summed E-state index contributed by atoms with van der Waals surface area (Å²) >= 11 is 0. The number of nitrogens with zero attached hydrogens (tertiary/aromatic N) is 3. The quantitative estimate of drug-likeness (QED) is 0.828. The molecule has 2 N–H and O–H groups in total. The van der Waals surface area contributed by atoms with E-state index in [1.807, 2.05) is 60.0 Å². The van der Waals surface area contributed by atoms with Crippen LogP contribution in [0.3, 0.4) is 0 Å². The number of amides is 2. The molecule has 0 spiro atoms. The summed E-state index contributed by atoms with van der Waals surface area (Å²) in [5, 5.41) is 0. The second-order valence-electron chi connectivity index (χ2n) is 7.80. The van der Waals surface area contributed by atoms with E-state index in [0.29, 0.717) is 38.2 Å². The summed E-state index contributed by atoms with van der Waals surface area (Å²) in [6.07, 6.45) is 2.43. The Morgan fingerprint density at radius 1 is 0.966 bits per heavy atom. The van der Waals surface area contributed by atoms with Crippen molar-refractivity contribution in [2.45, 2.75) is 32.4 Å². The van der Waals surface area contributed by atoms with Crippen LogP contribution in [-0.2, 0) is 4.79 Å². The zero-order chi connectivity index (χ0) is 20.4. The molecule has 2 saturated heterocycles. The summed E-state index contributed by atoms with van der Waals surface area (Å²) in [5.74, 6) is 0.116. The fraction of sp³-hybridized carbons (Fsp3) is 0.409. The number of benzene rings is 1. The first-order chi connectivity index (χ1) is 14.0. The van der Waals surface area contributed by atoms with Crippen molar-refractivity contribution in [2.24, 2.45) is 0 Å². The van der Waals surface area contributed by atoms with Gasteiger partial charge in [0.1, 0.15) is 6.04 Å². The Bertz CT molecular complexity index is 893. The highest BCUT2D eigenvalue weighted by molar-refractivity contribution is 5.94. The number of hydrogen-bond acceptors (Lipinski definition) is 5. The number of aromatic nitrogens is 1. The van der Waals surface area contributed by atoms with Gasteiger partial charge in [-0.25, -0.2) is 10.9 Å². The van der Waals surface area contributed by atoms with Crippen LogP contribution in [0, 0.1) is 13.8 Å². The van der Waals surface area contributed by atoms with Crippen molar-refractivity contribution in [3.05, 3.63) is 65.0 Å². The molecule has 2 unspecified atom stereocenters. The molecule has 7 nitrogen and oxygen atoms in total. The number of hydrazine groups is 1. The number of pyridine rings is 1. The van der Waals surface area contributed by atoms with E-state index in [2.05, 4.69) is 15.8 Å². The second kappa shape index (κ2) is 8.31. The molecule has 1 aromatic heterocycles. The van der Waals surface area contributed by atoms with Crippen molar-refractivity contribution in [1.29, 1.82) is 0 Å². The molecule has 2 amide bonds. The van der Waals surface area contributed by atoms with Gasteiger partial charge in [0.25, 0.3) is 5.91 Å². The van der Waals surface area contributed by atoms with Crippen LogP contribution in [0.5, 0.6) is 0 Å². The monoisotopic (exact) mass is 393 g/mol. The van der Waals surface area contributed by atoms with Gasteiger partial charge >= 0.3 is 0 Å². The minimum Gasteiger partial charge on any atom is -0.338 e. The van der Waals surface area contributed by atoms with Crippen LogP contribution in [0.2, 0.25) is 0 Å². The molecule has 152 valence electrons. The van der Waals surface area contributed by atoms with Gasteiger partial charge in [0.05, 0.1) is 11.7 Å². The molecule has 0 bridgehead atoms. The number of rotatable bonds is 3. The zero-order valence-corrected chi connectivity index (χ0v) is 16.9. The maximum Gasteiger partial charge on any atom is 0.253 e. The van der Waals surface area contributed by atoms with E-state index in [1.165, 1.54) is 5.56 Å². The molecule has 1 aromatic carbocycles. The van der Waals surface area contributed by atoms with Crippen molar-refractivity contribution in [2.75, 3.05) is 26.2 Å². The normalized spacial score (nSPS) is 22.0. The number of piperazine rings is 1. The Hall–Kier alpha value is -2.77. The molecule has 7 heteroatoms. The van der Waals surface area contributed by atoms with Gasteiger partial charge < -0.3 is 9.80 Å². The van der Waals surface area contributed by atoms with Crippen molar-refractivity contribution in [3.8, 4) is 0 Å². The lowest BCUT2D eigenvalue weighted by molar-refractivity contribution is -0.134. The van der Waals surface area contributed by atoms with Gasteiger partial charge in [-0.15, -0.1) is 0 Å². The Labute approximate surface area is 171 Å². The molecule has 0 radical (unpaired) electrons. The van der Waals surface area contributed by atoms with Crippen LogP contribution in [-0.4, -0.2) is 58.8 Å². The lowest BCUT2D eigenvalue weighted by atomic mass is 10.0. The molecule has 0 aliphatic carbocycles. The molecule has 29 heavy (non-hydrogen) atoms. The summed E-state index contributed by atoms with van der Waals surface area (Å²) in [7, 11) is 0. The minimum absolute atomic E-state index is 0.0257. The third kappa shape index (κ3) is 4.16. The van der Waals surface area contributed by atoms with Crippen LogP contribution >= 0.6 is 0 Å². The van der Waals surface area contributed by atoms with Gasteiger partial charge in [-0.3, -0.25) is 14.6 Å². The number of nitrogens with one attached hydrogen (secondary N) is 2. The van der Waals surface area contributed by atoms with Crippen molar-refractivity contribution in [1.82, 2.24) is 25.6 Å². The van der Waals surface area contributed by atoms with E-state index in [1.54, 1.807) is 6.20 Å². The topological polar surface area (TPSA) is 77.6 Å². The standard InChI is InChI=1S/C22H27N5O2/c1-15-6-7-17(13-16(15)2)21(28)26-9-11-27(12-10-26)22(29)20-14-19(24-25-20)18-5-3-4-8-23-18/h3-8,13,19-20,24-25H,9-12,14H2,1-2H3. The van der Waals surface area contributed by atoms with Crippen molar-refractivity contribution < 1.29 is 9.59 Å². The van der Waals surface area contributed by atoms with E-state index < -0.39 is 0 Å². The number of carbonyl (C=O) groups excluding carboxylic acids is 2. The smallest absolute Gasteiger partial charge is 0.253 e. The Kier molecular flexibility index (Phi) is 5.60. The summed E-state index contributed by atoms with van der Waals surface area (Å²) in [6, 6.07) is 11.4. The second-order valence-corrected chi connectivity index (χ2v) is 7.80. The highest BCUT2D eigenvalue weighted by Gasteiger charge is 2.35. The van der Waals surface area contributed by atoms with Gasteiger partial charge in [-0.2, -0.15) is 0 Å². The molecule has 4 rings (SSSR count). The SMILES string of the molecule is Cc1ccc(C(=O)N2CCN(C(=O)C3CC(c4ccccn4)NN3)CC2)cc1C. The van der Waals surface area contributed by atoms with Gasteiger partial charge in [0, 0.05) is 37.9 Å². The molecule has 2 aliphatic heterocycles. The number of aryl methyl sites for hydroxylation is 2. The molecule has 2 aliphatic rings. The average molecular weight is 393 g/mol. The predicted molar refractivity (Wildman–Crippen MR) is 110 cm³/mol. The minimum atomic E-state index is -0.274. The maximum absolute atomic E-state index is 12.9. The first kappa shape index (κ1) is 19.5. The van der Waals surface area contributed by atoms with Crippen LogP contribution in [0.4, 0.5) is 0 Å².